The second kappa shape index (κ2) is 4.46. The first-order valence-corrected chi connectivity index (χ1v) is 4.85. The number of aromatic nitrogens is 2. The van der Waals surface area contributed by atoms with Crippen LogP contribution in [0.4, 0.5) is 0 Å². The molecule has 0 aliphatic heterocycles. The van der Waals surface area contributed by atoms with Gasteiger partial charge in [-0.15, -0.1) is 0 Å². The van der Waals surface area contributed by atoms with Gasteiger partial charge in [-0.1, -0.05) is 18.5 Å². The van der Waals surface area contributed by atoms with Gasteiger partial charge in [0.05, 0.1) is 12.1 Å². The summed E-state index contributed by atoms with van der Waals surface area (Å²) in [6, 6.07) is 0. The minimum Gasteiger partial charge on any atom is -0.481 e. The molecular weight excluding hydrogens is 204 g/mol. The molecule has 0 saturated heterocycles. The fraction of sp³-hybridized carbons (Fsp3) is 0.556. The largest absolute Gasteiger partial charge is 0.481 e. The zero-order valence-corrected chi connectivity index (χ0v) is 9.01. The molecule has 1 aromatic rings. The number of carboxylic acids is 1. The lowest BCUT2D eigenvalue weighted by Gasteiger charge is -2.02. The average molecular weight is 217 g/mol. The van der Waals surface area contributed by atoms with E-state index >= 15 is 0 Å². The molecule has 1 rings (SSSR count). The van der Waals surface area contributed by atoms with E-state index in [9.17, 15) is 4.79 Å². The predicted octanol–water partition coefficient (Wildman–Crippen LogP) is 1.65. The summed E-state index contributed by atoms with van der Waals surface area (Å²) in [6.45, 7) is 1.99. The second-order valence-electron chi connectivity index (χ2n) is 3.07. The highest BCUT2D eigenvalue weighted by Gasteiger charge is 2.11. The van der Waals surface area contributed by atoms with Gasteiger partial charge in [-0.25, -0.2) is 4.98 Å². The summed E-state index contributed by atoms with van der Waals surface area (Å²) in [5.41, 5.74) is 0.951. The van der Waals surface area contributed by atoms with Crippen LogP contribution in [0.5, 0.6) is 0 Å². The van der Waals surface area contributed by atoms with E-state index < -0.39 is 5.97 Å². The van der Waals surface area contributed by atoms with Gasteiger partial charge < -0.3 is 9.67 Å². The quantitative estimate of drug-likeness (QED) is 0.833. The maximum atomic E-state index is 10.4. The number of hydrogen-bond acceptors (Lipinski definition) is 2. The van der Waals surface area contributed by atoms with Gasteiger partial charge in [-0.2, -0.15) is 0 Å². The standard InChI is InChI=1S/C9H13ClN2O2/c1-3-6-9(10)11-7(12(6)2)4-5-8(13)14/h3-5H2,1-2H3,(H,13,14). The molecule has 0 radical (unpaired) electrons. The summed E-state index contributed by atoms with van der Waals surface area (Å²) >= 11 is 5.89. The fourth-order valence-electron chi connectivity index (χ4n) is 1.37. The highest BCUT2D eigenvalue weighted by atomic mass is 35.5. The van der Waals surface area contributed by atoms with Crippen molar-refractivity contribution in [3.8, 4) is 0 Å². The van der Waals surface area contributed by atoms with E-state index in [0.717, 1.165) is 17.9 Å². The number of carbonyl (C=O) groups is 1. The lowest BCUT2D eigenvalue weighted by atomic mass is 10.3. The van der Waals surface area contributed by atoms with Crippen LogP contribution < -0.4 is 0 Å². The Kier molecular flexibility index (Phi) is 3.52. The topological polar surface area (TPSA) is 55.1 Å². The molecular formula is C9H13ClN2O2. The molecule has 14 heavy (non-hydrogen) atoms. The SMILES string of the molecule is CCc1c(Cl)nc(CCC(=O)O)n1C. The van der Waals surface area contributed by atoms with E-state index in [0.29, 0.717) is 11.6 Å². The summed E-state index contributed by atoms with van der Waals surface area (Å²) < 4.78 is 1.87. The smallest absolute Gasteiger partial charge is 0.303 e. The van der Waals surface area contributed by atoms with Crippen molar-refractivity contribution in [1.29, 1.82) is 0 Å². The van der Waals surface area contributed by atoms with Crippen LogP contribution in [0.1, 0.15) is 24.9 Å². The monoisotopic (exact) mass is 216 g/mol. The van der Waals surface area contributed by atoms with Crippen molar-refractivity contribution in [3.63, 3.8) is 0 Å². The molecule has 0 unspecified atom stereocenters. The Morgan fingerprint density at radius 1 is 1.64 bits per heavy atom. The summed E-state index contributed by atoms with van der Waals surface area (Å²) in [5.74, 6) is -0.0866. The van der Waals surface area contributed by atoms with Crippen molar-refractivity contribution in [3.05, 3.63) is 16.7 Å². The van der Waals surface area contributed by atoms with E-state index in [-0.39, 0.29) is 6.42 Å². The Hall–Kier alpha value is -1.03. The van der Waals surface area contributed by atoms with Crippen LogP contribution in [0.3, 0.4) is 0 Å². The van der Waals surface area contributed by atoms with Crippen molar-refractivity contribution in [1.82, 2.24) is 9.55 Å². The lowest BCUT2D eigenvalue weighted by molar-refractivity contribution is -0.137. The van der Waals surface area contributed by atoms with Gasteiger partial charge in [0.25, 0.3) is 0 Å². The van der Waals surface area contributed by atoms with Gasteiger partial charge in [-0.05, 0) is 6.42 Å². The van der Waals surface area contributed by atoms with Gasteiger partial charge >= 0.3 is 5.97 Å². The van der Waals surface area contributed by atoms with Crippen LogP contribution >= 0.6 is 11.6 Å². The summed E-state index contributed by atoms with van der Waals surface area (Å²) in [7, 11) is 1.86. The molecule has 0 bridgehead atoms. The number of imidazole rings is 1. The van der Waals surface area contributed by atoms with Crippen LogP contribution in [0, 0.1) is 0 Å². The number of halogens is 1. The molecule has 78 valence electrons. The Morgan fingerprint density at radius 3 is 2.71 bits per heavy atom. The van der Waals surface area contributed by atoms with Crippen molar-refractivity contribution in [2.75, 3.05) is 0 Å². The first-order chi connectivity index (χ1) is 6.56. The minimum absolute atomic E-state index is 0.0876. The Bertz CT molecular complexity index is 347. The molecule has 4 nitrogen and oxygen atoms in total. The Balaban J connectivity index is 2.83. The van der Waals surface area contributed by atoms with Crippen LogP contribution in [0.15, 0.2) is 0 Å². The van der Waals surface area contributed by atoms with Crippen molar-refractivity contribution in [2.24, 2.45) is 7.05 Å². The van der Waals surface area contributed by atoms with Crippen LogP contribution in [-0.2, 0) is 24.7 Å². The lowest BCUT2D eigenvalue weighted by Crippen LogP contribution is -2.04. The molecule has 0 fully saturated rings. The van der Waals surface area contributed by atoms with Gasteiger partial charge in [0.1, 0.15) is 5.82 Å². The number of nitrogens with zero attached hydrogens (tertiary/aromatic N) is 2. The zero-order chi connectivity index (χ0) is 10.7. The zero-order valence-electron chi connectivity index (χ0n) is 8.25. The molecule has 0 atom stereocenters. The maximum absolute atomic E-state index is 10.4. The van der Waals surface area contributed by atoms with Gasteiger partial charge in [0, 0.05) is 13.5 Å². The normalized spacial score (nSPS) is 10.5. The van der Waals surface area contributed by atoms with Crippen molar-refractivity contribution in [2.45, 2.75) is 26.2 Å². The number of rotatable bonds is 4. The van der Waals surface area contributed by atoms with Crippen LogP contribution in [0.2, 0.25) is 5.15 Å². The van der Waals surface area contributed by atoms with E-state index in [2.05, 4.69) is 4.98 Å². The second-order valence-corrected chi connectivity index (χ2v) is 3.43. The Morgan fingerprint density at radius 2 is 2.29 bits per heavy atom. The molecule has 0 aromatic carbocycles. The molecule has 0 saturated carbocycles. The van der Waals surface area contributed by atoms with Crippen LogP contribution in [0.25, 0.3) is 0 Å². The van der Waals surface area contributed by atoms with Gasteiger partial charge in [-0.3, -0.25) is 4.79 Å². The van der Waals surface area contributed by atoms with Crippen LogP contribution in [-0.4, -0.2) is 20.6 Å². The number of hydrogen-bond donors (Lipinski definition) is 1. The average Bonchev–Trinajstić information content (AvgIpc) is 2.38. The van der Waals surface area contributed by atoms with E-state index in [1.165, 1.54) is 0 Å². The predicted molar refractivity (Wildman–Crippen MR) is 53.6 cm³/mol. The summed E-state index contributed by atoms with van der Waals surface area (Å²) in [6.07, 6.45) is 1.31. The van der Waals surface area contributed by atoms with Gasteiger partial charge in [0.2, 0.25) is 0 Å². The summed E-state index contributed by atoms with van der Waals surface area (Å²) in [5, 5.41) is 9.01. The minimum atomic E-state index is -0.817. The molecule has 5 heteroatoms. The molecule has 1 N–H and O–H groups in total. The highest BCUT2D eigenvalue weighted by molar-refractivity contribution is 6.30. The first-order valence-electron chi connectivity index (χ1n) is 4.48. The molecule has 0 aliphatic rings. The van der Waals surface area contributed by atoms with Crippen molar-refractivity contribution >= 4 is 17.6 Å². The third kappa shape index (κ3) is 2.26. The third-order valence-electron chi connectivity index (χ3n) is 2.15. The van der Waals surface area contributed by atoms with Crippen molar-refractivity contribution < 1.29 is 9.90 Å². The maximum Gasteiger partial charge on any atom is 0.303 e. The molecule has 0 aliphatic carbocycles. The van der Waals surface area contributed by atoms with E-state index in [1.54, 1.807) is 0 Å². The molecule has 0 spiro atoms. The summed E-state index contributed by atoms with van der Waals surface area (Å²) in [4.78, 5) is 14.5. The molecule has 1 aromatic heterocycles. The van der Waals surface area contributed by atoms with E-state index in [4.69, 9.17) is 16.7 Å². The van der Waals surface area contributed by atoms with E-state index in [1.807, 2.05) is 18.5 Å². The van der Waals surface area contributed by atoms with Gasteiger partial charge in [0.15, 0.2) is 5.15 Å². The third-order valence-corrected chi connectivity index (χ3v) is 2.46. The Labute approximate surface area is 87.5 Å². The highest BCUT2D eigenvalue weighted by Crippen LogP contribution is 2.17. The fourth-order valence-corrected chi connectivity index (χ4v) is 1.73. The molecule has 0 amide bonds. The number of aryl methyl sites for hydroxylation is 1. The number of carboxylic acid groups (broad SMARTS) is 1. The number of aliphatic carboxylic acids is 1. The molecule has 1 heterocycles. The first kappa shape index (κ1) is 11.0.